The number of nitrogens with zero attached hydrogens (tertiary/aromatic N) is 3. The summed E-state index contributed by atoms with van der Waals surface area (Å²) in [6.07, 6.45) is 0. The van der Waals surface area contributed by atoms with Crippen LogP contribution in [0.3, 0.4) is 0 Å². The first-order valence-electron chi connectivity index (χ1n) is 37.1. The molecule has 0 spiro atoms. The molecule has 0 aliphatic rings. The Morgan fingerprint density at radius 1 is 0.193 bits per heavy atom. The average molecular weight is 1460 g/mol. The number of rotatable bonds is 13. The maximum Gasteiger partial charge on any atom is 0.0541 e. The van der Waals surface area contributed by atoms with Gasteiger partial charge < -0.3 is 19.4 Å². The van der Waals surface area contributed by atoms with Crippen LogP contribution >= 0.6 is 15.9 Å². The van der Waals surface area contributed by atoms with Crippen LogP contribution in [-0.2, 0) is 0 Å². The second kappa shape index (κ2) is 30.3. The smallest absolute Gasteiger partial charge is 0.0541 e. The Kier molecular flexibility index (Phi) is 18.7. The molecule has 0 bridgehead atoms. The summed E-state index contributed by atoms with van der Waals surface area (Å²) in [6, 6.07) is 156. The van der Waals surface area contributed by atoms with Gasteiger partial charge in [-0.1, -0.05) is 344 Å². The van der Waals surface area contributed by atoms with Gasteiger partial charge in [0, 0.05) is 65.5 Å². The van der Waals surface area contributed by atoms with Crippen LogP contribution in [-0.4, -0.2) is 9.13 Å². The molecule has 0 radical (unpaired) electrons. The molecule has 0 saturated heterocycles. The Bertz CT molecular complexity index is 6450. The summed E-state index contributed by atoms with van der Waals surface area (Å²) in [5, 5.41) is 13.6. The number of anilines is 5. The third-order valence-corrected chi connectivity index (χ3v) is 21.5. The van der Waals surface area contributed by atoms with Crippen LogP contribution in [0.2, 0.25) is 0 Å². The first-order chi connectivity index (χ1) is 54.0. The predicted molar refractivity (Wildman–Crippen MR) is 468 cm³/mol. The molecule has 0 aliphatic heterocycles. The van der Waals surface area contributed by atoms with Gasteiger partial charge in [0.2, 0.25) is 0 Å². The van der Waals surface area contributed by atoms with Crippen LogP contribution in [0.1, 0.15) is 0 Å². The molecule has 516 valence electrons. The number of halogens is 1. The van der Waals surface area contributed by atoms with Crippen molar-refractivity contribution in [3.8, 4) is 78.1 Å². The number of para-hydroxylation sites is 4. The molecular formula is C104H73BrN4. The quantitative estimate of drug-likeness (QED) is 0.124. The van der Waals surface area contributed by atoms with E-state index in [0.717, 1.165) is 44.3 Å². The number of fused-ring (bicyclic) bond motifs is 8. The number of hydrogen-bond acceptors (Lipinski definition) is 2. The van der Waals surface area contributed by atoms with Crippen molar-refractivity contribution < 1.29 is 0 Å². The minimum atomic E-state index is 1.06. The highest BCUT2D eigenvalue weighted by Gasteiger charge is 2.20. The van der Waals surface area contributed by atoms with E-state index in [4.69, 9.17) is 0 Å². The van der Waals surface area contributed by atoms with E-state index in [-0.39, 0.29) is 0 Å². The molecule has 0 unspecified atom stereocenters. The lowest BCUT2D eigenvalue weighted by Gasteiger charge is -2.28. The number of nitrogens with one attached hydrogen (secondary N) is 1. The van der Waals surface area contributed by atoms with Gasteiger partial charge in [-0.05, 0) is 192 Å². The van der Waals surface area contributed by atoms with Crippen molar-refractivity contribution in [2.75, 3.05) is 10.2 Å². The van der Waals surface area contributed by atoms with Crippen molar-refractivity contribution in [3.05, 3.63) is 441 Å². The summed E-state index contributed by atoms with van der Waals surface area (Å²) in [5.74, 6) is 0. The lowest BCUT2D eigenvalue weighted by Crippen LogP contribution is -2.11. The Hall–Kier alpha value is -13.8. The molecule has 109 heavy (non-hydrogen) atoms. The topological polar surface area (TPSA) is 25.1 Å². The summed E-state index contributed by atoms with van der Waals surface area (Å²) in [7, 11) is 0. The van der Waals surface area contributed by atoms with Gasteiger partial charge in [0.05, 0.1) is 27.8 Å². The van der Waals surface area contributed by atoms with Crippen molar-refractivity contribution >= 4 is 110 Å². The second-order valence-electron chi connectivity index (χ2n) is 27.3. The lowest BCUT2D eigenvalue weighted by atomic mass is 9.96. The molecule has 0 atom stereocenters. The van der Waals surface area contributed by atoms with Gasteiger partial charge in [-0.15, -0.1) is 0 Å². The van der Waals surface area contributed by atoms with Gasteiger partial charge in [0.25, 0.3) is 0 Å². The maximum absolute atomic E-state index is 3.60. The van der Waals surface area contributed by atoms with Crippen molar-refractivity contribution in [1.82, 2.24) is 9.13 Å². The molecule has 1 N–H and O–H groups in total. The SMILES string of the molecule is Brc1ccc(-c2ccccc2)c2ccccc12.c1ccc(-c2ccc(-c3ccc(N(c4ccc(-n5c6ccccc6c6ccccc65)cc4)c4ccc(-c5ccccc5)c5ccccc45)cc3)cc2)cc1.c1ccc(-c2ccc(-c3ccc(Nc4ccc(-n5c6ccccc6c6ccccc65)cc4)cc3)cc2)cc1. The van der Waals surface area contributed by atoms with Crippen LogP contribution < -0.4 is 10.2 Å². The largest absolute Gasteiger partial charge is 0.356 e. The maximum atomic E-state index is 3.60. The summed E-state index contributed by atoms with van der Waals surface area (Å²) in [5.41, 5.74) is 27.3. The van der Waals surface area contributed by atoms with Crippen LogP contribution in [0.4, 0.5) is 28.4 Å². The third-order valence-electron chi connectivity index (χ3n) is 20.8. The van der Waals surface area contributed by atoms with Crippen molar-refractivity contribution in [3.63, 3.8) is 0 Å². The van der Waals surface area contributed by atoms with E-state index in [0.29, 0.717) is 0 Å². The number of aromatic nitrogens is 2. The molecule has 20 rings (SSSR count). The Balaban J connectivity index is 0.000000131. The van der Waals surface area contributed by atoms with E-state index in [1.165, 1.54) is 132 Å². The van der Waals surface area contributed by atoms with E-state index in [1.807, 2.05) is 12.1 Å². The van der Waals surface area contributed by atoms with Gasteiger partial charge in [-0.25, -0.2) is 0 Å². The average Bonchev–Trinajstić information content (AvgIpc) is 1.75. The number of benzene rings is 18. The van der Waals surface area contributed by atoms with Crippen LogP contribution in [0.15, 0.2) is 441 Å². The van der Waals surface area contributed by atoms with E-state index >= 15 is 0 Å². The first kappa shape index (κ1) is 67.1. The fraction of sp³-hybridized carbons (Fsp3) is 0. The van der Waals surface area contributed by atoms with Gasteiger partial charge in [0.1, 0.15) is 0 Å². The number of hydrogen-bond donors (Lipinski definition) is 1. The fourth-order valence-corrected chi connectivity index (χ4v) is 15.9. The lowest BCUT2D eigenvalue weighted by molar-refractivity contribution is 1.17. The third kappa shape index (κ3) is 13.6. The van der Waals surface area contributed by atoms with E-state index < -0.39 is 0 Å². The van der Waals surface area contributed by atoms with Crippen molar-refractivity contribution in [2.45, 2.75) is 0 Å². The molecule has 0 fully saturated rings. The Morgan fingerprint density at radius 2 is 0.450 bits per heavy atom. The summed E-state index contributed by atoms with van der Waals surface area (Å²) in [6.45, 7) is 0. The zero-order chi connectivity index (χ0) is 72.8. The Morgan fingerprint density at radius 3 is 0.835 bits per heavy atom. The van der Waals surface area contributed by atoms with Crippen LogP contribution in [0, 0.1) is 0 Å². The summed E-state index contributed by atoms with van der Waals surface area (Å²) in [4.78, 5) is 2.40. The van der Waals surface area contributed by atoms with Crippen LogP contribution in [0.25, 0.3) is 143 Å². The van der Waals surface area contributed by atoms with Crippen LogP contribution in [0.5, 0.6) is 0 Å². The van der Waals surface area contributed by atoms with Gasteiger partial charge in [-0.3, -0.25) is 0 Å². The molecule has 0 saturated carbocycles. The van der Waals surface area contributed by atoms with Gasteiger partial charge in [0.15, 0.2) is 0 Å². The normalized spacial score (nSPS) is 11.2. The molecule has 0 aliphatic carbocycles. The predicted octanol–water partition coefficient (Wildman–Crippen LogP) is 29.5. The van der Waals surface area contributed by atoms with E-state index in [9.17, 15) is 0 Å². The molecule has 2 aromatic heterocycles. The molecule has 20 aromatic rings. The molecule has 0 amide bonds. The standard InChI is InChI=1S/C52H36N2.C36H26N2.C16H11Br/c1-3-13-37(14-4-1)38-23-25-39(26-24-38)40-27-29-42(30-28-40)53(52-36-35-45(41-15-5-2-6-16-41)46-17-7-8-18-47(46)52)43-31-33-44(34-32-43)54-50-21-11-9-19-48(50)49-20-10-12-22-51(49)54;1-2-8-26(9-3-1)27-14-16-28(17-15-27)29-18-20-30(21-19-29)37-31-22-24-32(25-23-31)38-35-12-6-4-10-33(35)34-11-5-7-13-36(34)38;17-16-11-10-13(12-6-2-1-3-7-12)14-8-4-5-9-15(14)16/h1-36H;1-25,37H;1-11H. The van der Waals surface area contributed by atoms with Crippen molar-refractivity contribution in [2.24, 2.45) is 0 Å². The highest BCUT2D eigenvalue weighted by molar-refractivity contribution is 9.10. The summed E-state index contributed by atoms with van der Waals surface area (Å²) >= 11 is 3.60. The monoisotopic (exact) mass is 1460 g/mol. The minimum absolute atomic E-state index is 1.06. The Labute approximate surface area is 643 Å². The van der Waals surface area contributed by atoms with E-state index in [1.54, 1.807) is 0 Å². The first-order valence-corrected chi connectivity index (χ1v) is 37.9. The van der Waals surface area contributed by atoms with Gasteiger partial charge in [-0.2, -0.15) is 0 Å². The van der Waals surface area contributed by atoms with E-state index in [2.05, 4.69) is 460 Å². The zero-order valence-corrected chi connectivity index (χ0v) is 61.4. The molecular weight excluding hydrogens is 1390 g/mol. The second-order valence-corrected chi connectivity index (χ2v) is 28.2. The minimum Gasteiger partial charge on any atom is -0.356 e. The molecule has 2 heterocycles. The highest BCUT2D eigenvalue weighted by atomic mass is 79.9. The summed E-state index contributed by atoms with van der Waals surface area (Å²) < 4.78 is 5.86. The molecule has 5 heteroatoms. The molecule has 4 nitrogen and oxygen atoms in total. The van der Waals surface area contributed by atoms with Gasteiger partial charge >= 0.3 is 0 Å². The highest BCUT2D eigenvalue weighted by Crippen LogP contribution is 2.44. The molecule has 18 aromatic carbocycles. The fourth-order valence-electron chi connectivity index (χ4n) is 15.4. The van der Waals surface area contributed by atoms with Crippen molar-refractivity contribution in [1.29, 1.82) is 0 Å². The zero-order valence-electron chi connectivity index (χ0n) is 59.8.